The molecular weight excluding hydrogens is 146 g/mol. The van der Waals surface area contributed by atoms with Crippen molar-refractivity contribution < 1.29 is 15.0 Å². The first-order valence-electron chi connectivity index (χ1n) is 3.72. The number of carboxylic acids is 1. The van der Waals surface area contributed by atoms with Gasteiger partial charge in [0.2, 0.25) is 0 Å². The van der Waals surface area contributed by atoms with Gasteiger partial charge in [-0.3, -0.25) is 9.69 Å². The van der Waals surface area contributed by atoms with Gasteiger partial charge in [0, 0.05) is 6.54 Å². The van der Waals surface area contributed by atoms with Crippen LogP contribution in [0.3, 0.4) is 0 Å². The second-order valence-electron chi connectivity index (χ2n) is 3.01. The van der Waals surface area contributed by atoms with Crippen LogP contribution in [0.5, 0.6) is 0 Å². The minimum absolute atomic E-state index is 0.353. The lowest BCUT2D eigenvalue weighted by Crippen LogP contribution is -2.46. The molecule has 0 spiro atoms. The fraction of sp³-hybridized carbons (Fsp3) is 0.857. The van der Waals surface area contributed by atoms with Gasteiger partial charge in [0.25, 0.3) is 0 Å². The summed E-state index contributed by atoms with van der Waals surface area (Å²) in [4.78, 5) is 12.3. The summed E-state index contributed by atoms with van der Waals surface area (Å²) in [6.07, 6.45) is 0.596. The standard InChI is InChI=1S/C7H13NO3/c1-8-3-2-5(9)4-6(8)7(10)11/h5-6,9H,2-4H2,1H3,(H,10,11)/t5-,6-/m1/s1. The smallest absolute Gasteiger partial charge is 0.321 e. The van der Waals surface area contributed by atoms with E-state index in [1.165, 1.54) is 0 Å². The van der Waals surface area contributed by atoms with Crippen molar-refractivity contribution in [3.8, 4) is 0 Å². The number of nitrogens with zero attached hydrogens (tertiary/aromatic N) is 1. The number of rotatable bonds is 1. The number of aliphatic hydroxyl groups is 1. The van der Waals surface area contributed by atoms with Gasteiger partial charge in [-0.25, -0.2) is 0 Å². The third-order valence-corrected chi connectivity index (χ3v) is 2.13. The van der Waals surface area contributed by atoms with Gasteiger partial charge in [-0.2, -0.15) is 0 Å². The molecule has 1 aliphatic heterocycles. The van der Waals surface area contributed by atoms with E-state index in [0.717, 1.165) is 0 Å². The van der Waals surface area contributed by atoms with Crippen molar-refractivity contribution >= 4 is 5.97 Å². The fourth-order valence-electron chi connectivity index (χ4n) is 1.35. The highest BCUT2D eigenvalue weighted by Gasteiger charge is 2.29. The van der Waals surface area contributed by atoms with Crippen molar-refractivity contribution in [1.82, 2.24) is 4.90 Å². The van der Waals surface area contributed by atoms with E-state index in [9.17, 15) is 4.79 Å². The lowest BCUT2D eigenvalue weighted by molar-refractivity contribution is -0.145. The number of carbonyl (C=O) groups is 1. The molecule has 1 saturated heterocycles. The molecule has 0 amide bonds. The van der Waals surface area contributed by atoms with Crippen LogP contribution in [0, 0.1) is 0 Å². The molecule has 0 aromatic rings. The topological polar surface area (TPSA) is 60.8 Å². The zero-order valence-corrected chi connectivity index (χ0v) is 6.53. The second kappa shape index (κ2) is 3.19. The van der Waals surface area contributed by atoms with Crippen molar-refractivity contribution in [3.05, 3.63) is 0 Å². The highest BCUT2D eigenvalue weighted by Crippen LogP contribution is 2.15. The van der Waals surface area contributed by atoms with Crippen molar-refractivity contribution in [1.29, 1.82) is 0 Å². The van der Waals surface area contributed by atoms with Crippen LogP contribution in [0.2, 0.25) is 0 Å². The molecule has 1 rings (SSSR count). The molecule has 64 valence electrons. The Labute approximate surface area is 65.4 Å². The fourth-order valence-corrected chi connectivity index (χ4v) is 1.35. The van der Waals surface area contributed by atoms with Crippen LogP contribution in [0.15, 0.2) is 0 Å². The Balaban J connectivity index is 2.54. The van der Waals surface area contributed by atoms with Crippen molar-refractivity contribution in [2.24, 2.45) is 0 Å². The summed E-state index contributed by atoms with van der Waals surface area (Å²) in [6, 6.07) is -0.501. The monoisotopic (exact) mass is 159 g/mol. The number of likely N-dealkylation sites (N-methyl/N-ethyl adjacent to an activating group) is 1. The van der Waals surface area contributed by atoms with Crippen LogP contribution in [-0.2, 0) is 4.79 Å². The molecule has 11 heavy (non-hydrogen) atoms. The Hall–Kier alpha value is -0.610. The Morgan fingerprint density at radius 1 is 1.64 bits per heavy atom. The van der Waals surface area contributed by atoms with Crippen LogP contribution in [-0.4, -0.2) is 46.8 Å². The van der Waals surface area contributed by atoms with E-state index in [1.807, 2.05) is 0 Å². The first-order valence-corrected chi connectivity index (χ1v) is 3.72. The molecule has 2 N–H and O–H groups in total. The predicted molar refractivity (Wildman–Crippen MR) is 39.3 cm³/mol. The van der Waals surface area contributed by atoms with E-state index in [1.54, 1.807) is 11.9 Å². The summed E-state index contributed by atoms with van der Waals surface area (Å²) in [5, 5.41) is 17.8. The number of hydrogen-bond acceptors (Lipinski definition) is 3. The van der Waals surface area contributed by atoms with Gasteiger partial charge < -0.3 is 10.2 Å². The number of likely N-dealkylation sites (tertiary alicyclic amines) is 1. The van der Waals surface area contributed by atoms with E-state index < -0.39 is 18.1 Å². The summed E-state index contributed by atoms with van der Waals surface area (Å²) in [7, 11) is 1.77. The first-order chi connectivity index (χ1) is 5.11. The predicted octanol–water partition coefficient (Wildman–Crippen LogP) is -0.474. The Morgan fingerprint density at radius 2 is 2.27 bits per heavy atom. The van der Waals surface area contributed by atoms with E-state index in [2.05, 4.69) is 0 Å². The summed E-state index contributed by atoms with van der Waals surface area (Å²) < 4.78 is 0. The minimum Gasteiger partial charge on any atom is -0.480 e. The van der Waals surface area contributed by atoms with E-state index >= 15 is 0 Å². The third-order valence-electron chi connectivity index (χ3n) is 2.13. The summed E-state index contributed by atoms with van der Waals surface area (Å²) >= 11 is 0. The highest BCUT2D eigenvalue weighted by atomic mass is 16.4. The lowest BCUT2D eigenvalue weighted by Gasteiger charge is -2.31. The van der Waals surface area contributed by atoms with E-state index in [4.69, 9.17) is 10.2 Å². The Kier molecular flexibility index (Phi) is 2.46. The average molecular weight is 159 g/mol. The molecule has 0 unspecified atom stereocenters. The first kappa shape index (κ1) is 8.49. The van der Waals surface area contributed by atoms with Crippen molar-refractivity contribution in [3.63, 3.8) is 0 Å². The maximum atomic E-state index is 10.6. The van der Waals surface area contributed by atoms with Crippen LogP contribution < -0.4 is 0 Å². The molecule has 1 aliphatic rings. The minimum atomic E-state index is -0.841. The van der Waals surface area contributed by atoms with Crippen molar-refractivity contribution in [2.45, 2.75) is 25.0 Å². The van der Waals surface area contributed by atoms with Crippen LogP contribution >= 0.6 is 0 Å². The molecule has 4 heteroatoms. The summed E-state index contributed by atoms with van der Waals surface area (Å²) in [5.41, 5.74) is 0. The normalized spacial score (nSPS) is 33.6. The highest BCUT2D eigenvalue weighted by molar-refractivity contribution is 5.73. The van der Waals surface area contributed by atoms with Gasteiger partial charge in [-0.1, -0.05) is 0 Å². The Morgan fingerprint density at radius 3 is 2.73 bits per heavy atom. The van der Waals surface area contributed by atoms with Gasteiger partial charge in [0.15, 0.2) is 0 Å². The number of carboxylic acid groups (broad SMARTS) is 1. The molecule has 0 aromatic heterocycles. The van der Waals surface area contributed by atoms with Gasteiger partial charge in [-0.15, -0.1) is 0 Å². The molecular formula is C7H13NO3. The molecule has 2 atom stereocenters. The van der Waals surface area contributed by atoms with E-state index in [-0.39, 0.29) is 0 Å². The van der Waals surface area contributed by atoms with Gasteiger partial charge in [0.1, 0.15) is 6.04 Å². The van der Waals surface area contributed by atoms with Crippen molar-refractivity contribution in [2.75, 3.05) is 13.6 Å². The molecule has 0 aliphatic carbocycles. The van der Waals surface area contributed by atoms with Gasteiger partial charge in [-0.05, 0) is 19.9 Å². The molecule has 0 bridgehead atoms. The SMILES string of the molecule is CN1CC[C@@H](O)C[C@@H]1C(=O)O. The zero-order chi connectivity index (χ0) is 8.43. The molecule has 1 heterocycles. The number of aliphatic carboxylic acids is 1. The summed E-state index contributed by atoms with van der Waals surface area (Å²) in [5.74, 6) is -0.841. The molecule has 0 aromatic carbocycles. The maximum absolute atomic E-state index is 10.6. The zero-order valence-electron chi connectivity index (χ0n) is 6.53. The van der Waals surface area contributed by atoms with Crippen LogP contribution in [0.4, 0.5) is 0 Å². The van der Waals surface area contributed by atoms with Crippen LogP contribution in [0.1, 0.15) is 12.8 Å². The number of piperidine rings is 1. The number of aliphatic hydroxyl groups excluding tert-OH is 1. The maximum Gasteiger partial charge on any atom is 0.321 e. The molecule has 0 saturated carbocycles. The molecule has 0 radical (unpaired) electrons. The van der Waals surface area contributed by atoms with Gasteiger partial charge >= 0.3 is 5.97 Å². The Bertz CT molecular complexity index is 160. The second-order valence-corrected chi connectivity index (χ2v) is 3.01. The molecule has 4 nitrogen and oxygen atoms in total. The summed E-state index contributed by atoms with van der Waals surface area (Å²) in [6.45, 7) is 0.665. The van der Waals surface area contributed by atoms with E-state index in [0.29, 0.717) is 19.4 Å². The average Bonchev–Trinajstić information content (AvgIpc) is 1.94. The quantitative estimate of drug-likeness (QED) is 0.543. The largest absolute Gasteiger partial charge is 0.480 e. The lowest BCUT2D eigenvalue weighted by atomic mass is 10.0. The van der Waals surface area contributed by atoms with Crippen LogP contribution in [0.25, 0.3) is 0 Å². The van der Waals surface area contributed by atoms with Gasteiger partial charge in [0.05, 0.1) is 6.10 Å². The third kappa shape index (κ3) is 1.91. The number of hydrogen-bond donors (Lipinski definition) is 2. The molecule has 1 fully saturated rings.